The van der Waals surface area contributed by atoms with E-state index >= 15 is 0 Å². The monoisotopic (exact) mass is 1110 g/mol. The van der Waals surface area contributed by atoms with Gasteiger partial charge >= 0.3 is 0 Å². The molecule has 0 unspecified atom stereocenters. The lowest BCUT2D eigenvalue weighted by atomic mass is 10.2. The molecule has 450 valence electrons. The van der Waals surface area contributed by atoms with E-state index in [1.54, 1.807) is 80.4 Å². The van der Waals surface area contributed by atoms with Gasteiger partial charge in [-0.25, -0.2) is 29.9 Å². The van der Waals surface area contributed by atoms with Crippen LogP contribution in [0.3, 0.4) is 0 Å². The first-order valence-electron chi connectivity index (χ1n) is 28.8. The second-order valence-electron chi connectivity index (χ2n) is 13.0. The number of hydrogen-bond acceptors (Lipinski definition) is 13. The Balaban J connectivity index is -0.0000000993. The van der Waals surface area contributed by atoms with Crippen LogP contribution in [0.4, 0.5) is 0 Å². The van der Waals surface area contributed by atoms with Crippen LogP contribution < -0.4 is 0 Å². The van der Waals surface area contributed by atoms with E-state index in [0.717, 1.165) is 34.0 Å². The molecule has 0 N–H and O–H groups in total. The summed E-state index contributed by atoms with van der Waals surface area (Å²) in [7, 11) is 0. The average Bonchev–Trinajstić information content (AvgIpc) is 3.55. The van der Waals surface area contributed by atoms with Gasteiger partial charge in [-0.2, -0.15) is 20.4 Å². The first-order valence-corrected chi connectivity index (χ1v) is 28.8. The molecule has 0 aliphatic heterocycles. The van der Waals surface area contributed by atoms with Gasteiger partial charge in [-0.1, -0.05) is 173 Å². The minimum atomic E-state index is 0.822. The van der Waals surface area contributed by atoms with E-state index in [0.29, 0.717) is 0 Å². The van der Waals surface area contributed by atoms with Crippen LogP contribution in [0.15, 0.2) is 196 Å². The van der Waals surface area contributed by atoms with E-state index in [9.17, 15) is 0 Å². The van der Waals surface area contributed by atoms with E-state index < -0.39 is 0 Å². The topological polar surface area (TPSA) is 168 Å². The maximum atomic E-state index is 3.98. The van der Waals surface area contributed by atoms with Gasteiger partial charge in [-0.15, -0.1) is 0 Å². The summed E-state index contributed by atoms with van der Waals surface area (Å²) in [5.74, 6) is 0.822. The molecule has 13 heteroatoms. The van der Waals surface area contributed by atoms with Gasteiger partial charge in [-0.05, 0) is 145 Å². The van der Waals surface area contributed by atoms with E-state index in [1.165, 1.54) is 29.3 Å². The van der Waals surface area contributed by atoms with Gasteiger partial charge in [0, 0.05) is 85.7 Å². The van der Waals surface area contributed by atoms with Crippen molar-refractivity contribution in [1.82, 2.24) is 65.3 Å². The first kappa shape index (κ1) is 92.5. The molecule has 1 aromatic carbocycles. The van der Waals surface area contributed by atoms with Crippen molar-refractivity contribution in [1.29, 1.82) is 0 Å². The molecule has 13 nitrogen and oxygen atoms in total. The third kappa shape index (κ3) is 86.2. The second-order valence-corrected chi connectivity index (χ2v) is 13.0. The van der Waals surface area contributed by atoms with Gasteiger partial charge in [0.1, 0.15) is 18.5 Å². The largest absolute Gasteiger partial charge is 0.265 e. The van der Waals surface area contributed by atoms with Gasteiger partial charge in [0.05, 0.1) is 11.9 Å². The predicted octanol–water partition coefficient (Wildman–Crippen LogP) is 19.3. The summed E-state index contributed by atoms with van der Waals surface area (Å²) >= 11 is 0. The molecular weight excluding hydrogens is 999 g/mol. The molecule has 8 aromatic heterocycles. The highest BCUT2D eigenvalue weighted by molar-refractivity contribution is 5.12. The minimum absolute atomic E-state index is 0.822. The molecule has 0 aliphatic carbocycles. The molecule has 0 fully saturated rings. The van der Waals surface area contributed by atoms with Crippen LogP contribution in [-0.2, 0) is 0 Å². The van der Waals surface area contributed by atoms with Gasteiger partial charge in [0.15, 0.2) is 0 Å². The molecule has 0 amide bonds. The Bertz CT molecular complexity index is 1760. The fraction of sp³-hybridized carbons (Fsp3) is 0.397. The number of rotatable bonds is 0. The molecule has 9 rings (SSSR count). The van der Waals surface area contributed by atoms with Crippen molar-refractivity contribution in [3.05, 3.63) is 247 Å². The molecule has 9 aromatic rings. The smallest absolute Gasteiger partial charge is 0.125 e. The first-order chi connectivity index (χ1) is 39.5. The summed E-state index contributed by atoms with van der Waals surface area (Å²) in [6, 6.07) is 33.4. The van der Waals surface area contributed by atoms with Crippen LogP contribution in [0, 0.1) is 62.3 Å². The number of hydrogen-bond donors (Lipinski definition) is 0. The zero-order valence-electron chi connectivity index (χ0n) is 55.8. The number of aryl methyl sites for hydroxylation is 9. The quantitative estimate of drug-likeness (QED) is 0.141. The van der Waals surface area contributed by atoms with Crippen molar-refractivity contribution >= 4 is 0 Å². The van der Waals surface area contributed by atoms with Crippen molar-refractivity contribution < 1.29 is 0 Å². The maximum absolute atomic E-state index is 3.98. The van der Waals surface area contributed by atoms with Gasteiger partial charge < -0.3 is 0 Å². The van der Waals surface area contributed by atoms with Crippen LogP contribution in [0.5, 0.6) is 0 Å². The maximum Gasteiger partial charge on any atom is 0.125 e. The van der Waals surface area contributed by atoms with Gasteiger partial charge in [0.2, 0.25) is 0 Å². The number of nitrogens with zero attached hydrogens (tertiary/aromatic N) is 13. The van der Waals surface area contributed by atoms with Crippen LogP contribution in [0.25, 0.3) is 0 Å². The molecule has 0 saturated carbocycles. The van der Waals surface area contributed by atoms with Gasteiger partial charge in [-0.3, -0.25) is 15.0 Å². The molecule has 81 heavy (non-hydrogen) atoms. The molecular formula is C68H113N13. The second kappa shape index (κ2) is 88.7. The highest BCUT2D eigenvalue weighted by Crippen LogP contribution is 1.93. The number of pyridine rings is 3. The van der Waals surface area contributed by atoms with Crippen molar-refractivity contribution in [3.63, 3.8) is 0 Å². The van der Waals surface area contributed by atoms with Crippen LogP contribution >= 0.6 is 0 Å². The Morgan fingerprint density at radius 3 is 0.877 bits per heavy atom. The highest BCUT2D eigenvalue weighted by atomic mass is 15.1. The van der Waals surface area contributed by atoms with Crippen molar-refractivity contribution in [2.45, 2.75) is 187 Å². The van der Waals surface area contributed by atoms with Crippen LogP contribution in [-0.4, -0.2) is 65.3 Å². The van der Waals surface area contributed by atoms with Crippen molar-refractivity contribution in [2.75, 3.05) is 0 Å². The van der Waals surface area contributed by atoms with Crippen LogP contribution in [0.2, 0.25) is 0 Å². The summed E-state index contributed by atoms with van der Waals surface area (Å²) in [5, 5.41) is 14.6. The summed E-state index contributed by atoms with van der Waals surface area (Å²) in [5.41, 5.74) is 9.08. The highest BCUT2D eigenvalue weighted by Gasteiger charge is 1.79. The molecule has 0 spiro atoms. The fourth-order valence-electron chi connectivity index (χ4n) is 3.70. The normalized spacial score (nSPS) is 7.44. The fourth-order valence-corrected chi connectivity index (χ4v) is 3.70. The van der Waals surface area contributed by atoms with E-state index in [-0.39, 0.29) is 0 Å². The van der Waals surface area contributed by atoms with Crippen molar-refractivity contribution in [2.24, 2.45) is 0 Å². The van der Waals surface area contributed by atoms with E-state index in [1.807, 2.05) is 271 Å². The summed E-state index contributed by atoms with van der Waals surface area (Å²) in [6.45, 7) is 53.8. The predicted molar refractivity (Wildman–Crippen MR) is 354 cm³/mol. The summed E-state index contributed by atoms with van der Waals surface area (Å²) in [6.07, 6.45) is 25.8. The molecule has 0 saturated heterocycles. The number of benzene rings is 1. The molecule has 0 aliphatic rings. The SMILES string of the molecule is CC.CC.CC.CC.CC.CC.CC.CC.CC.Cc1ccccc1.Cc1ccccn1.Cc1cccnc1.Cc1cccnn1.Cc1ccncc1.Cc1ccncn1.Cc1ccnnc1.Cc1cncnc1.Cc1ncccn1. The Morgan fingerprint density at radius 2 is 0.654 bits per heavy atom. The summed E-state index contributed by atoms with van der Waals surface area (Å²) < 4.78 is 0. The van der Waals surface area contributed by atoms with Crippen molar-refractivity contribution in [3.8, 4) is 0 Å². The zero-order valence-corrected chi connectivity index (χ0v) is 55.8. The minimum Gasteiger partial charge on any atom is -0.265 e. The van der Waals surface area contributed by atoms with Gasteiger partial charge in [0.25, 0.3) is 0 Å². The zero-order chi connectivity index (χ0) is 64.0. The lowest BCUT2D eigenvalue weighted by Crippen LogP contribution is -1.80. The number of aromatic nitrogens is 13. The lowest BCUT2D eigenvalue weighted by Gasteiger charge is -1.82. The lowest BCUT2D eigenvalue weighted by molar-refractivity contribution is 0.980. The summed E-state index contributed by atoms with van der Waals surface area (Å²) in [4.78, 5) is 34.6. The molecule has 8 heterocycles. The Kier molecular flexibility index (Phi) is 101. The third-order valence-corrected chi connectivity index (χ3v) is 6.96. The average molecular weight is 1110 g/mol. The Morgan fingerprint density at radius 1 is 0.222 bits per heavy atom. The standard InChI is InChI=1S/C7H8.3C6H7N.5C5H6N2.9C2H6/c1-7-5-3-2-4-6-7;1-6-2-4-7-5-3-6;1-6-3-2-4-7-5-6;1-6-4-2-3-5-7-6;1-5-2-6-4-7-3-5;1-5-2-3-6-4-7-5;1-5-2-3-6-7-4-5;1-5-6-3-2-4-7-5;1-5-3-2-4-6-7-5;9*1-2/h2-6H,1H3;3*2-5H,1H3;5*2-4H,1H3;9*1-2H3. The molecule has 0 bridgehead atoms. The molecule has 0 atom stereocenters. The third-order valence-electron chi connectivity index (χ3n) is 6.96. The molecule has 0 radical (unpaired) electrons. The van der Waals surface area contributed by atoms with E-state index in [2.05, 4.69) is 84.3 Å². The Hall–Kier alpha value is -7.93. The van der Waals surface area contributed by atoms with E-state index in [4.69, 9.17) is 0 Å². The Labute approximate surface area is 497 Å². The van der Waals surface area contributed by atoms with Crippen LogP contribution in [0.1, 0.15) is 175 Å².